The van der Waals surface area contributed by atoms with Crippen LogP contribution in [0.25, 0.3) is 11.0 Å². The van der Waals surface area contributed by atoms with Gasteiger partial charge >= 0.3 is 0 Å². The summed E-state index contributed by atoms with van der Waals surface area (Å²) in [7, 11) is 0. The molecule has 1 aliphatic heterocycles. The lowest BCUT2D eigenvalue weighted by Crippen LogP contribution is -2.31. The lowest BCUT2D eigenvalue weighted by Gasteiger charge is -2.11. The summed E-state index contributed by atoms with van der Waals surface area (Å²) in [5.74, 6) is 0.353. The van der Waals surface area contributed by atoms with Crippen molar-refractivity contribution in [2.24, 2.45) is 0 Å². The molecule has 0 saturated carbocycles. The van der Waals surface area contributed by atoms with E-state index >= 15 is 0 Å². The van der Waals surface area contributed by atoms with E-state index in [1.807, 2.05) is 36.4 Å². The van der Waals surface area contributed by atoms with Crippen molar-refractivity contribution in [1.29, 1.82) is 0 Å². The molecule has 1 amide bonds. The molecular formula is C26H25FN4O2S. The predicted octanol–water partition coefficient (Wildman–Crippen LogP) is 4.82. The van der Waals surface area contributed by atoms with Gasteiger partial charge in [0.25, 0.3) is 5.91 Å². The fourth-order valence-electron chi connectivity index (χ4n) is 4.04. The molecule has 34 heavy (non-hydrogen) atoms. The van der Waals surface area contributed by atoms with Gasteiger partial charge in [0.15, 0.2) is 5.16 Å². The first kappa shape index (κ1) is 22.6. The van der Waals surface area contributed by atoms with E-state index in [9.17, 15) is 9.18 Å². The molecule has 0 aliphatic carbocycles. The number of nitrogens with zero attached hydrogens (tertiary/aromatic N) is 3. The molecule has 1 saturated heterocycles. The number of imidazole rings is 1. The van der Waals surface area contributed by atoms with Crippen LogP contribution >= 0.6 is 11.8 Å². The number of ether oxygens (including phenoxy) is 1. The number of carbonyl (C=O) groups excluding carboxylic acids is 1. The number of pyridine rings is 1. The summed E-state index contributed by atoms with van der Waals surface area (Å²) in [6.07, 6.45) is 5.69. The van der Waals surface area contributed by atoms with E-state index in [4.69, 9.17) is 9.72 Å². The molecular weight excluding hydrogens is 451 g/mol. The van der Waals surface area contributed by atoms with Gasteiger partial charge < -0.3 is 14.6 Å². The van der Waals surface area contributed by atoms with E-state index in [0.29, 0.717) is 24.4 Å². The van der Waals surface area contributed by atoms with E-state index < -0.39 is 0 Å². The summed E-state index contributed by atoms with van der Waals surface area (Å²) in [6, 6.07) is 16.1. The molecule has 0 unspecified atom stereocenters. The van der Waals surface area contributed by atoms with Crippen LogP contribution in [0.15, 0.2) is 72.1 Å². The average molecular weight is 477 g/mol. The van der Waals surface area contributed by atoms with Gasteiger partial charge in [-0.25, -0.2) is 9.37 Å². The van der Waals surface area contributed by atoms with Crippen molar-refractivity contribution in [3.8, 4) is 0 Å². The Morgan fingerprint density at radius 3 is 2.85 bits per heavy atom. The van der Waals surface area contributed by atoms with Crippen molar-refractivity contribution >= 4 is 28.7 Å². The number of hydrogen-bond donors (Lipinski definition) is 1. The number of carbonyl (C=O) groups is 1. The van der Waals surface area contributed by atoms with Crippen LogP contribution in [-0.2, 0) is 17.0 Å². The summed E-state index contributed by atoms with van der Waals surface area (Å²) in [5, 5.41) is 3.79. The van der Waals surface area contributed by atoms with Crippen molar-refractivity contribution in [3.63, 3.8) is 0 Å². The van der Waals surface area contributed by atoms with E-state index in [0.717, 1.165) is 46.8 Å². The van der Waals surface area contributed by atoms with E-state index in [1.165, 1.54) is 6.07 Å². The summed E-state index contributed by atoms with van der Waals surface area (Å²) in [4.78, 5) is 21.4. The molecule has 0 spiro atoms. The van der Waals surface area contributed by atoms with Crippen molar-refractivity contribution in [3.05, 3.63) is 89.5 Å². The number of benzene rings is 2. The number of nitrogens with one attached hydrogen (secondary N) is 1. The van der Waals surface area contributed by atoms with Gasteiger partial charge in [-0.05, 0) is 54.3 Å². The number of rotatable bonds is 8. The maximum atomic E-state index is 13.7. The molecule has 1 fully saturated rings. The summed E-state index contributed by atoms with van der Waals surface area (Å²) in [5.41, 5.74) is 4.35. The lowest BCUT2D eigenvalue weighted by atomic mass is 10.1. The minimum absolute atomic E-state index is 0.0842. The molecule has 1 aliphatic rings. The number of aromatic nitrogens is 3. The Morgan fingerprint density at radius 1 is 1.18 bits per heavy atom. The lowest BCUT2D eigenvalue weighted by molar-refractivity contribution is 0.0858. The van der Waals surface area contributed by atoms with Crippen LogP contribution in [0.5, 0.6) is 0 Å². The second-order valence-electron chi connectivity index (χ2n) is 8.31. The van der Waals surface area contributed by atoms with Crippen molar-refractivity contribution in [2.75, 3.05) is 13.2 Å². The maximum Gasteiger partial charge on any atom is 0.251 e. The van der Waals surface area contributed by atoms with Crippen molar-refractivity contribution < 1.29 is 13.9 Å². The fourth-order valence-corrected chi connectivity index (χ4v) is 5.01. The van der Waals surface area contributed by atoms with Crippen molar-refractivity contribution in [1.82, 2.24) is 19.9 Å². The minimum atomic E-state index is -0.255. The smallest absolute Gasteiger partial charge is 0.251 e. The monoisotopic (exact) mass is 476 g/mol. The van der Waals surface area contributed by atoms with Gasteiger partial charge in [-0.15, -0.1) is 0 Å². The maximum absolute atomic E-state index is 13.7. The fraction of sp³-hybridized carbons (Fsp3) is 0.269. The third-order valence-electron chi connectivity index (χ3n) is 5.84. The second kappa shape index (κ2) is 10.4. The van der Waals surface area contributed by atoms with Crippen LogP contribution in [0.3, 0.4) is 0 Å². The van der Waals surface area contributed by atoms with Gasteiger partial charge in [-0.1, -0.05) is 36.0 Å². The Labute approximate surface area is 201 Å². The summed E-state index contributed by atoms with van der Waals surface area (Å²) < 4.78 is 21.3. The number of fused-ring (bicyclic) bond motifs is 1. The van der Waals surface area contributed by atoms with Gasteiger partial charge in [0.1, 0.15) is 5.82 Å². The molecule has 3 heterocycles. The zero-order valence-corrected chi connectivity index (χ0v) is 19.4. The third kappa shape index (κ3) is 5.29. The molecule has 1 atom stereocenters. The summed E-state index contributed by atoms with van der Waals surface area (Å²) in [6.45, 7) is 1.83. The third-order valence-corrected chi connectivity index (χ3v) is 6.89. The van der Waals surface area contributed by atoms with E-state index in [-0.39, 0.29) is 17.8 Å². The Hall–Kier alpha value is -3.23. The Morgan fingerprint density at radius 2 is 2.06 bits per heavy atom. The van der Waals surface area contributed by atoms with Crippen molar-refractivity contribution in [2.45, 2.75) is 36.4 Å². The molecule has 0 bridgehead atoms. The highest BCUT2D eigenvalue weighted by Crippen LogP contribution is 2.27. The first-order valence-corrected chi connectivity index (χ1v) is 12.3. The zero-order valence-electron chi connectivity index (χ0n) is 18.6. The molecule has 6 nitrogen and oxygen atoms in total. The Balaban J connectivity index is 1.27. The first-order chi connectivity index (χ1) is 16.7. The molecule has 2 aromatic heterocycles. The highest BCUT2D eigenvalue weighted by Gasteiger charge is 2.17. The van der Waals surface area contributed by atoms with E-state index in [1.54, 1.807) is 36.3 Å². The van der Waals surface area contributed by atoms with Crippen LogP contribution in [0.1, 0.15) is 34.3 Å². The molecule has 0 radical (unpaired) electrons. The Kier molecular flexibility index (Phi) is 6.87. The van der Waals surface area contributed by atoms with Crippen LogP contribution < -0.4 is 5.32 Å². The standard InChI is InChI=1S/C26H25FN4O2S/c27-21-4-1-3-19(13-21)16-31-24-15-28-11-10-23(24)30-26(31)34-17-18-6-8-20(9-7-18)25(32)29-14-22-5-2-12-33-22/h1,3-4,6-11,13,15,22H,2,5,12,14,16-17H2,(H,29,32)/t22-/m0/s1. The van der Waals surface area contributed by atoms with Crippen LogP contribution in [0, 0.1) is 5.82 Å². The largest absolute Gasteiger partial charge is 0.376 e. The van der Waals surface area contributed by atoms with Crippen LogP contribution in [-0.4, -0.2) is 39.7 Å². The molecule has 2 aromatic carbocycles. The predicted molar refractivity (Wildman–Crippen MR) is 130 cm³/mol. The van der Waals surface area contributed by atoms with Gasteiger partial charge in [-0.3, -0.25) is 9.78 Å². The topological polar surface area (TPSA) is 69.0 Å². The highest BCUT2D eigenvalue weighted by atomic mass is 32.2. The molecule has 1 N–H and O–H groups in total. The number of halogens is 1. The number of thioether (sulfide) groups is 1. The van der Waals surface area contributed by atoms with Gasteiger partial charge in [0.05, 0.1) is 29.9 Å². The molecule has 174 valence electrons. The molecule has 8 heteroatoms. The highest BCUT2D eigenvalue weighted by molar-refractivity contribution is 7.98. The minimum Gasteiger partial charge on any atom is -0.376 e. The van der Waals surface area contributed by atoms with E-state index in [2.05, 4.69) is 14.9 Å². The second-order valence-corrected chi connectivity index (χ2v) is 9.25. The van der Waals surface area contributed by atoms with Gasteiger partial charge in [0, 0.05) is 30.7 Å². The molecule has 4 aromatic rings. The average Bonchev–Trinajstić information content (AvgIpc) is 3.50. The van der Waals surface area contributed by atoms with Crippen LogP contribution in [0.4, 0.5) is 4.39 Å². The number of hydrogen-bond acceptors (Lipinski definition) is 5. The number of amides is 1. The SMILES string of the molecule is O=C(NC[C@@H]1CCCO1)c1ccc(CSc2nc3ccncc3n2Cc2cccc(F)c2)cc1. The quantitative estimate of drug-likeness (QED) is 0.369. The first-order valence-electron chi connectivity index (χ1n) is 11.3. The normalized spacial score (nSPS) is 15.6. The van der Waals surface area contributed by atoms with Crippen LogP contribution in [0.2, 0.25) is 0 Å². The van der Waals surface area contributed by atoms with Gasteiger partial charge in [0.2, 0.25) is 0 Å². The zero-order chi connectivity index (χ0) is 23.3. The van der Waals surface area contributed by atoms with Gasteiger partial charge in [-0.2, -0.15) is 0 Å². The summed E-state index contributed by atoms with van der Waals surface area (Å²) >= 11 is 1.60. The molecule has 5 rings (SSSR count). The Bertz CT molecular complexity index is 1290.